The first kappa shape index (κ1) is 20.5. The van der Waals surface area contributed by atoms with Crippen LogP contribution in [0.15, 0.2) is 82.5 Å². The maximum Gasteiger partial charge on any atom is 0.379 e. The van der Waals surface area contributed by atoms with Gasteiger partial charge in [-0.25, -0.2) is 10.2 Å². The highest BCUT2D eigenvalue weighted by Crippen LogP contribution is 2.15. The van der Waals surface area contributed by atoms with Crippen LogP contribution in [0, 0.1) is 0 Å². The normalized spacial score (nSPS) is 10.9. The fourth-order valence-electron chi connectivity index (χ4n) is 2.42. The minimum absolute atomic E-state index is 0.102. The summed E-state index contributed by atoms with van der Waals surface area (Å²) in [5.74, 6) is -1.82. The molecule has 2 amide bonds. The van der Waals surface area contributed by atoms with Gasteiger partial charge in [0.2, 0.25) is 5.76 Å². The Hall–Kier alpha value is -4.20. The summed E-state index contributed by atoms with van der Waals surface area (Å²) >= 11 is 0. The molecule has 0 saturated carbocycles. The standard InChI is InChI=1S/C22H19N3O5/c1-15(24-25-21(27)20(26)23-14-16-6-3-2-4-7-16)17-9-11-18(12-10-17)30-22(28)19-8-5-13-29-19/h2-13H,14H2,1H3,(H,23,26)(H,25,27). The van der Waals surface area contributed by atoms with E-state index in [0.29, 0.717) is 17.0 Å². The summed E-state index contributed by atoms with van der Waals surface area (Å²) in [6.45, 7) is 1.92. The largest absolute Gasteiger partial charge is 0.457 e. The van der Waals surface area contributed by atoms with Gasteiger partial charge in [0.15, 0.2) is 0 Å². The average molecular weight is 405 g/mol. The van der Waals surface area contributed by atoms with Gasteiger partial charge in [-0.1, -0.05) is 30.3 Å². The van der Waals surface area contributed by atoms with Crippen LogP contribution in [-0.4, -0.2) is 23.5 Å². The quantitative estimate of drug-likeness (QED) is 0.215. The van der Waals surface area contributed by atoms with Gasteiger partial charge in [-0.15, -0.1) is 0 Å². The number of nitrogens with zero attached hydrogens (tertiary/aromatic N) is 1. The summed E-state index contributed by atoms with van der Waals surface area (Å²) in [7, 11) is 0. The Labute approximate surface area is 172 Å². The van der Waals surface area contributed by atoms with Gasteiger partial charge < -0.3 is 14.5 Å². The Bertz CT molecular complexity index is 1040. The number of hydrazone groups is 1. The van der Waals surface area contributed by atoms with Crippen molar-refractivity contribution in [2.75, 3.05) is 0 Å². The lowest BCUT2D eigenvalue weighted by molar-refractivity contribution is -0.139. The number of nitrogens with one attached hydrogen (secondary N) is 2. The molecule has 0 unspecified atom stereocenters. The molecule has 3 aromatic rings. The molecule has 0 saturated heterocycles. The molecular formula is C22H19N3O5. The van der Waals surface area contributed by atoms with E-state index in [0.717, 1.165) is 5.56 Å². The van der Waals surface area contributed by atoms with Gasteiger partial charge in [-0.2, -0.15) is 5.10 Å². The Balaban J connectivity index is 1.51. The lowest BCUT2D eigenvalue weighted by atomic mass is 10.1. The van der Waals surface area contributed by atoms with Crippen molar-refractivity contribution < 1.29 is 23.5 Å². The van der Waals surface area contributed by atoms with E-state index in [1.54, 1.807) is 37.3 Å². The fourth-order valence-corrected chi connectivity index (χ4v) is 2.42. The van der Waals surface area contributed by atoms with Crippen LogP contribution in [0.3, 0.4) is 0 Å². The molecule has 0 fully saturated rings. The molecule has 1 heterocycles. The monoisotopic (exact) mass is 405 g/mol. The van der Waals surface area contributed by atoms with E-state index in [1.165, 1.54) is 12.3 Å². The number of rotatable bonds is 6. The summed E-state index contributed by atoms with van der Waals surface area (Å²) in [4.78, 5) is 35.6. The van der Waals surface area contributed by atoms with Crippen LogP contribution < -0.4 is 15.5 Å². The van der Waals surface area contributed by atoms with Gasteiger partial charge in [-0.05, 0) is 54.4 Å². The van der Waals surface area contributed by atoms with Crippen LogP contribution in [0.5, 0.6) is 5.75 Å². The van der Waals surface area contributed by atoms with E-state index in [2.05, 4.69) is 15.8 Å². The highest BCUT2D eigenvalue weighted by atomic mass is 16.5. The third-order valence-corrected chi connectivity index (χ3v) is 4.03. The van der Waals surface area contributed by atoms with Crippen LogP contribution in [0.25, 0.3) is 0 Å². The van der Waals surface area contributed by atoms with E-state index in [9.17, 15) is 14.4 Å². The second kappa shape index (κ2) is 9.83. The zero-order valence-corrected chi connectivity index (χ0v) is 16.1. The Morgan fingerprint density at radius 2 is 1.67 bits per heavy atom. The Kier molecular flexibility index (Phi) is 6.73. The number of ether oxygens (including phenoxy) is 1. The van der Waals surface area contributed by atoms with Crippen molar-refractivity contribution in [3.63, 3.8) is 0 Å². The summed E-state index contributed by atoms with van der Waals surface area (Å²) in [6, 6.07) is 18.9. The number of esters is 1. The van der Waals surface area contributed by atoms with Crippen molar-refractivity contribution in [1.29, 1.82) is 0 Å². The van der Waals surface area contributed by atoms with Crippen LogP contribution in [0.4, 0.5) is 0 Å². The Morgan fingerprint density at radius 1 is 0.933 bits per heavy atom. The van der Waals surface area contributed by atoms with E-state index >= 15 is 0 Å². The number of amides is 2. The number of furan rings is 1. The smallest absolute Gasteiger partial charge is 0.379 e. The topological polar surface area (TPSA) is 110 Å². The van der Waals surface area contributed by atoms with E-state index in [4.69, 9.17) is 9.15 Å². The molecule has 0 aliphatic heterocycles. The minimum atomic E-state index is -0.866. The lowest BCUT2D eigenvalue weighted by Gasteiger charge is -2.06. The SMILES string of the molecule is CC(=NNC(=O)C(=O)NCc1ccccc1)c1ccc(OC(=O)c2ccco2)cc1. The predicted molar refractivity (Wildman–Crippen MR) is 109 cm³/mol. The second-order valence-electron chi connectivity index (χ2n) is 6.20. The van der Waals surface area contributed by atoms with Crippen molar-refractivity contribution in [2.24, 2.45) is 5.10 Å². The van der Waals surface area contributed by atoms with Gasteiger partial charge >= 0.3 is 17.8 Å². The third kappa shape index (κ3) is 5.65. The van der Waals surface area contributed by atoms with Crippen molar-refractivity contribution in [2.45, 2.75) is 13.5 Å². The van der Waals surface area contributed by atoms with Gasteiger partial charge in [-0.3, -0.25) is 9.59 Å². The molecule has 2 N–H and O–H groups in total. The number of carbonyl (C=O) groups is 3. The highest BCUT2D eigenvalue weighted by molar-refractivity contribution is 6.35. The molecule has 0 aliphatic carbocycles. The van der Waals surface area contributed by atoms with Crippen molar-refractivity contribution in [3.8, 4) is 5.75 Å². The zero-order valence-electron chi connectivity index (χ0n) is 16.1. The van der Waals surface area contributed by atoms with Crippen LogP contribution >= 0.6 is 0 Å². The van der Waals surface area contributed by atoms with Gasteiger partial charge in [0.1, 0.15) is 5.75 Å². The lowest BCUT2D eigenvalue weighted by Crippen LogP contribution is -2.37. The van der Waals surface area contributed by atoms with Crippen LogP contribution in [0.2, 0.25) is 0 Å². The predicted octanol–water partition coefficient (Wildman–Crippen LogP) is 2.66. The molecule has 0 atom stereocenters. The first-order valence-corrected chi connectivity index (χ1v) is 9.05. The Morgan fingerprint density at radius 3 is 2.33 bits per heavy atom. The van der Waals surface area contributed by atoms with Gasteiger partial charge in [0.05, 0.1) is 12.0 Å². The fraction of sp³-hybridized carbons (Fsp3) is 0.0909. The number of benzene rings is 2. The van der Waals surface area contributed by atoms with Crippen LogP contribution in [0.1, 0.15) is 28.6 Å². The molecule has 0 bridgehead atoms. The molecule has 0 radical (unpaired) electrons. The van der Waals surface area contributed by atoms with Gasteiger partial charge in [0, 0.05) is 6.54 Å². The number of hydrogen-bond donors (Lipinski definition) is 2. The highest BCUT2D eigenvalue weighted by Gasteiger charge is 2.13. The van der Waals surface area contributed by atoms with E-state index in [1.807, 2.05) is 30.3 Å². The molecule has 8 nitrogen and oxygen atoms in total. The average Bonchev–Trinajstić information content (AvgIpc) is 3.32. The first-order valence-electron chi connectivity index (χ1n) is 9.05. The third-order valence-electron chi connectivity index (χ3n) is 4.03. The molecular weight excluding hydrogens is 386 g/mol. The summed E-state index contributed by atoms with van der Waals surface area (Å²) in [5.41, 5.74) is 4.26. The molecule has 3 rings (SSSR count). The molecule has 152 valence electrons. The second-order valence-corrected chi connectivity index (χ2v) is 6.20. The number of hydrogen-bond acceptors (Lipinski definition) is 6. The maximum absolute atomic E-state index is 11.9. The molecule has 1 aromatic heterocycles. The maximum atomic E-state index is 11.9. The number of carbonyl (C=O) groups excluding carboxylic acids is 3. The summed E-state index contributed by atoms with van der Waals surface area (Å²) < 4.78 is 10.2. The van der Waals surface area contributed by atoms with Crippen molar-refractivity contribution in [1.82, 2.24) is 10.7 Å². The van der Waals surface area contributed by atoms with E-state index < -0.39 is 17.8 Å². The van der Waals surface area contributed by atoms with Gasteiger partial charge in [0.25, 0.3) is 0 Å². The molecule has 2 aromatic carbocycles. The first-order chi connectivity index (χ1) is 14.5. The summed E-state index contributed by atoms with van der Waals surface area (Å²) in [5, 5.41) is 6.46. The molecule has 30 heavy (non-hydrogen) atoms. The minimum Gasteiger partial charge on any atom is -0.457 e. The zero-order chi connectivity index (χ0) is 21.3. The van der Waals surface area contributed by atoms with Crippen molar-refractivity contribution in [3.05, 3.63) is 89.9 Å². The molecule has 0 spiro atoms. The summed E-state index contributed by atoms with van der Waals surface area (Å²) in [6.07, 6.45) is 1.38. The molecule has 0 aliphatic rings. The molecule has 8 heteroatoms. The van der Waals surface area contributed by atoms with E-state index in [-0.39, 0.29) is 12.3 Å². The van der Waals surface area contributed by atoms with Crippen LogP contribution in [-0.2, 0) is 16.1 Å². The van der Waals surface area contributed by atoms with Crippen molar-refractivity contribution >= 4 is 23.5 Å².